The molecule has 0 spiro atoms. The lowest BCUT2D eigenvalue weighted by Gasteiger charge is -2.06. The van der Waals surface area contributed by atoms with Crippen molar-refractivity contribution in [1.82, 2.24) is 0 Å². The molecule has 0 bridgehead atoms. The predicted octanol–water partition coefficient (Wildman–Crippen LogP) is 4.82. The van der Waals surface area contributed by atoms with Crippen molar-refractivity contribution in [2.75, 3.05) is 12.5 Å². The van der Waals surface area contributed by atoms with Crippen LogP contribution < -0.4 is 10.2 Å². The third-order valence-electron chi connectivity index (χ3n) is 3.66. The van der Waals surface area contributed by atoms with E-state index in [-0.39, 0.29) is 5.82 Å². The van der Waals surface area contributed by atoms with E-state index in [2.05, 4.69) is 16.6 Å². The molecule has 0 amide bonds. The van der Waals surface area contributed by atoms with Gasteiger partial charge in [0.05, 0.1) is 18.5 Å². The van der Waals surface area contributed by atoms with Crippen molar-refractivity contribution in [3.63, 3.8) is 0 Å². The molecule has 4 heteroatoms. The van der Waals surface area contributed by atoms with Gasteiger partial charge >= 0.3 is 0 Å². The number of benzene rings is 3. The third kappa shape index (κ3) is 3.48. The van der Waals surface area contributed by atoms with Crippen LogP contribution >= 0.6 is 0 Å². The van der Waals surface area contributed by atoms with Crippen LogP contribution in [0.1, 0.15) is 12.5 Å². The summed E-state index contributed by atoms with van der Waals surface area (Å²) in [5.41, 5.74) is 5.56. The molecule has 1 N–H and O–H groups in total. The van der Waals surface area contributed by atoms with Crippen LogP contribution in [0.3, 0.4) is 0 Å². The summed E-state index contributed by atoms with van der Waals surface area (Å²) in [6.45, 7) is 1.93. The van der Waals surface area contributed by atoms with Gasteiger partial charge in [-0.1, -0.05) is 18.2 Å². The van der Waals surface area contributed by atoms with E-state index in [1.54, 1.807) is 19.2 Å². The van der Waals surface area contributed by atoms with E-state index in [1.165, 1.54) is 12.1 Å². The van der Waals surface area contributed by atoms with E-state index in [0.717, 1.165) is 33.5 Å². The summed E-state index contributed by atoms with van der Waals surface area (Å²) in [5, 5.41) is 6.60. The molecule has 0 aliphatic rings. The Balaban J connectivity index is 1.83. The molecule has 0 atom stereocenters. The second kappa shape index (κ2) is 6.48. The van der Waals surface area contributed by atoms with Gasteiger partial charge in [0.1, 0.15) is 11.6 Å². The first-order chi connectivity index (χ1) is 11.2. The summed E-state index contributed by atoms with van der Waals surface area (Å²) in [6.07, 6.45) is 0. The summed E-state index contributed by atoms with van der Waals surface area (Å²) in [6, 6.07) is 18.2. The number of nitrogens with zero attached hydrogens (tertiary/aromatic N) is 1. The Morgan fingerprint density at radius 2 is 1.65 bits per heavy atom. The van der Waals surface area contributed by atoms with E-state index < -0.39 is 0 Å². The van der Waals surface area contributed by atoms with Crippen LogP contribution in [0.5, 0.6) is 5.75 Å². The van der Waals surface area contributed by atoms with Crippen LogP contribution in [-0.4, -0.2) is 12.8 Å². The number of nitrogens with one attached hydrogen (secondary N) is 1. The Labute approximate surface area is 134 Å². The largest absolute Gasteiger partial charge is 0.497 e. The van der Waals surface area contributed by atoms with Gasteiger partial charge in [-0.05, 0) is 65.7 Å². The molecule has 0 aromatic heterocycles. The zero-order valence-electron chi connectivity index (χ0n) is 13.0. The second-order valence-corrected chi connectivity index (χ2v) is 5.24. The van der Waals surface area contributed by atoms with Gasteiger partial charge < -0.3 is 4.74 Å². The number of hydrazone groups is 1. The summed E-state index contributed by atoms with van der Waals surface area (Å²) in [7, 11) is 1.66. The van der Waals surface area contributed by atoms with Crippen molar-refractivity contribution in [3.05, 3.63) is 72.0 Å². The molecule has 116 valence electrons. The molecule has 0 aliphatic heterocycles. The lowest BCUT2D eigenvalue weighted by atomic mass is 10.0. The van der Waals surface area contributed by atoms with Crippen molar-refractivity contribution in [2.24, 2.45) is 5.10 Å². The Kier molecular flexibility index (Phi) is 4.24. The molecule has 3 aromatic rings. The highest BCUT2D eigenvalue weighted by molar-refractivity contribution is 6.02. The Bertz CT molecular complexity index is 857. The number of hydrogen-bond donors (Lipinski definition) is 1. The van der Waals surface area contributed by atoms with E-state index in [0.29, 0.717) is 0 Å². The number of halogens is 1. The maximum Gasteiger partial charge on any atom is 0.123 e. The monoisotopic (exact) mass is 308 g/mol. The fourth-order valence-corrected chi connectivity index (χ4v) is 2.31. The molecular formula is C19H17FN2O. The lowest BCUT2D eigenvalue weighted by molar-refractivity contribution is 0.415. The molecule has 0 aliphatic carbocycles. The van der Waals surface area contributed by atoms with Gasteiger partial charge in [-0.3, -0.25) is 5.43 Å². The van der Waals surface area contributed by atoms with E-state index >= 15 is 0 Å². The van der Waals surface area contributed by atoms with E-state index in [1.807, 2.05) is 37.3 Å². The van der Waals surface area contributed by atoms with Crippen LogP contribution in [0, 0.1) is 5.82 Å². The van der Waals surface area contributed by atoms with Gasteiger partial charge in [0.2, 0.25) is 0 Å². The highest BCUT2D eigenvalue weighted by Crippen LogP contribution is 2.22. The van der Waals surface area contributed by atoms with Crippen molar-refractivity contribution >= 4 is 22.2 Å². The molecule has 0 unspecified atom stereocenters. The maximum absolute atomic E-state index is 12.9. The predicted molar refractivity (Wildman–Crippen MR) is 92.7 cm³/mol. The van der Waals surface area contributed by atoms with Crippen molar-refractivity contribution in [2.45, 2.75) is 6.92 Å². The minimum Gasteiger partial charge on any atom is -0.497 e. The molecule has 3 nitrogen and oxygen atoms in total. The van der Waals surface area contributed by atoms with Crippen LogP contribution in [0.4, 0.5) is 10.1 Å². The highest BCUT2D eigenvalue weighted by atomic mass is 19.1. The van der Waals surface area contributed by atoms with Crippen molar-refractivity contribution in [3.8, 4) is 5.75 Å². The van der Waals surface area contributed by atoms with Crippen LogP contribution in [-0.2, 0) is 0 Å². The second-order valence-electron chi connectivity index (χ2n) is 5.24. The molecule has 23 heavy (non-hydrogen) atoms. The zero-order valence-corrected chi connectivity index (χ0v) is 13.0. The molecular weight excluding hydrogens is 291 g/mol. The van der Waals surface area contributed by atoms with Gasteiger partial charge in [0.15, 0.2) is 0 Å². The zero-order chi connectivity index (χ0) is 16.2. The number of fused-ring (bicyclic) bond motifs is 1. The van der Waals surface area contributed by atoms with Crippen LogP contribution in [0.2, 0.25) is 0 Å². The first-order valence-corrected chi connectivity index (χ1v) is 7.30. The van der Waals surface area contributed by atoms with Gasteiger partial charge in [-0.25, -0.2) is 4.39 Å². The maximum atomic E-state index is 12.9. The van der Waals surface area contributed by atoms with Gasteiger partial charge in [-0.15, -0.1) is 0 Å². The third-order valence-corrected chi connectivity index (χ3v) is 3.66. The fourth-order valence-electron chi connectivity index (χ4n) is 2.31. The fraction of sp³-hybridized carbons (Fsp3) is 0.105. The van der Waals surface area contributed by atoms with Gasteiger partial charge in [-0.2, -0.15) is 5.10 Å². The highest BCUT2D eigenvalue weighted by Gasteiger charge is 2.02. The topological polar surface area (TPSA) is 33.6 Å². The summed E-state index contributed by atoms with van der Waals surface area (Å²) in [5.74, 6) is 0.579. The SMILES string of the molecule is COc1ccc2cc(/C(C)=N\Nc3ccc(F)cc3)ccc2c1. The van der Waals surface area contributed by atoms with Crippen LogP contribution in [0.25, 0.3) is 10.8 Å². The van der Waals surface area contributed by atoms with Crippen LogP contribution in [0.15, 0.2) is 65.8 Å². The minimum absolute atomic E-state index is 0.263. The first kappa shape index (κ1) is 15.0. The molecule has 0 heterocycles. The lowest BCUT2D eigenvalue weighted by Crippen LogP contribution is -1.99. The standard InChI is InChI=1S/C19H17FN2O/c1-13(21-22-18-8-6-17(20)7-9-18)14-3-4-16-12-19(23-2)10-5-15(16)11-14/h3-12,22H,1-2H3/b21-13-. The molecule has 3 aromatic carbocycles. The Morgan fingerprint density at radius 1 is 0.957 bits per heavy atom. The quantitative estimate of drug-likeness (QED) is 0.553. The number of anilines is 1. The number of methoxy groups -OCH3 is 1. The molecule has 0 saturated carbocycles. The molecule has 0 fully saturated rings. The summed E-state index contributed by atoms with van der Waals surface area (Å²) < 4.78 is 18.1. The normalized spacial score (nSPS) is 11.5. The first-order valence-electron chi connectivity index (χ1n) is 7.30. The van der Waals surface area contributed by atoms with E-state index in [4.69, 9.17) is 4.74 Å². The average molecular weight is 308 g/mol. The Morgan fingerprint density at radius 3 is 2.39 bits per heavy atom. The number of hydrogen-bond acceptors (Lipinski definition) is 3. The molecule has 0 radical (unpaired) electrons. The van der Waals surface area contributed by atoms with Gasteiger partial charge in [0.25, 0.3) is 0 Å². The van der Waals surface area contributed by atoms with E-state index in [9.17, 15) is 4.39 Å². The Hall–Kier alpha value is -2.88. The average Bonchev–Trinajstić information content (AvgIpc) is 2.60. The number of ether oxygens (including phenoxy) is 1. The van der Waals surface area contributed by atoms with Crippen molar-refractivity contribution in [1.29, 1.82) is 0 Å². The van der Waals surface area contributed by atoms with Crippen molar-refractivity contribution < 1.29 is 9.13 Å². The van der Waals surface area contributed by atoms with Gasteiger partial charge in [0, 0.05) is 0 Å². The molecule has 0 saturated heterocycles. The molecule has 3 rings (SSSR count). The number of rotatable bonds is 4. The minimum atomic E-state index is -0.263. The summed E-state index contributed by atoms with van der Waals surface area (Å²) >= 11 is 0. The summed E-state index contributed by atoms with van der Waals surface area (Å²) in [4.78, 5) is 0. The smallest absolute Gasteiger partial charge is 0.123 e.